The maximum Gasteiger partial charge on any atom is 0.359 e. The fourth-order valence-corrected chi connectivity index (χ4v) is 3.83. The van der Waals surface area contributed by atoms with Gasteiger partial charge in [0, 0.05) is 5.69 Å². The van der Waals surface area contributed by atoms with Crippen LogP contribution < -0.4 is 14.2 Å². The van der Waals surface area contributed by atoms with E-state index in [1.54, 1.807) is 31.4 Å². The van der Waals surface area contributed by atoms with Crippen molar-refractivity contribution in [1.82, 2.24) is 4.57 Å². The highest BCUT2D eigenvalue weighted by Gasteiger charge is 2.32. The summed E-state index contributed by atoms with van der Waals surface area (Å²) in [6.07, 6.45) is 1.31. The largest absolute Gasteiger partial charge is 0.497 e. The minimum absolute atomic E-state index is 0.0831. The Kier molecular flexibility index (Phi) is 8.60. The molecule has 0 radical (unpaired) electrons. The molecule has 4 rings (SSSR count). The summed E-state index contributed by atoms with van der Waals surface area (Å²) in [6, 6.07) is 26.1. The normalized spacial score (nSPS) is 10.5. The topological polar surface area (TPSA) is 76.0 Å². The van der Waals surface area contributed by atoms with Gasteiger partial charge in [-0.1, -0.05) is 67.6 Å². The molecule has 0 spiro atoms. The number of esters is 1. The van der Waals surface area contributed by atoms with Gasteiger partial charge < -0.3 is 18.9 Å². The molecule has 7 nitrogen and oxygen atoms in total. The molecule has 0 saturated heterocycles. The average Bonchev–Trinajstić information content (AvgIpc) is 3.28. The number of methoxy groups -OCH3 is 1. The second-order valence-electron chi connectivity index (χ2n) is 8.23. The second kappa shape index (κ2) is 12.4. The van der Waals surface area contributed by atoms with Gasteiger partial charge in [-0.2, -0.15) is 0 Å². The smallest absolute Gasteiger partial charge is 0.359 e. The first-order valence-corrected chi connectivity index (χ1v) is 12.0. The van der Waals surface area contributed by atoms with E-state index in [0.29, 0.717) is 24.1 Å². The number of rotatable bonds is 12. The molecule has 0 saturated carbocycles. The summed E-state index contributed by atoms with van der Waals surface area (Å²) in [5.41, 5.74) is 2.59. The van der Waals surface area contributed by atoms with Crippen LogP contribution in [0.15, 0.2) is 84.9 Å². The van der Waals surface area contributed by atoms with Crippen molar-refractivity contribution in [3.63, 3.8) is 0 Å². The molecule has 0 amide bonds. The molecule has 4 aromatic rings. The van der Waals surface area contributed by atoms with Gasteiger partial charge in [0.25, 0.3) is 0 Å². The zero-order valence-corrected chi connectivity index (χ0v) is 20.9. The Balaban J connectivity index is 1.86. The van der Waals surface area contributed by atoms with Gasteiger partial charge in [0.1, 0.15) is 24.7 Å². The maximum atomic E-state index is 13.4. The van der Waals surface area contributed by atoms with E-state index >= 15 is 0 Å². The van der Waals surface area contributed by atoms with Crippen molar-refractivity contribution in [3.05, 3.63) is 107 Å². The third-order valence-corrected chi connectivity index (χ3v) is 5.64. The lowest BCUT2D eigenvalue weighted by atomic mass is 10.2. The Morgan fingerprint density at radius 3 is 1.89 bits per heavy atom. The van der Waals surface area contributed by atoms with E-state index in [1.165, 1.54) is 4.57 Å². The summed E-state index contributed by atoms with van der Waals surface area (Å²) in [4.78, 5) is 25.9. The molecule has 1 aromatic heterocycles. The van der Waals surface area contributed by atoms with Crippen LogP contribution in [0.3, 0.4) is 0 Å². The second-order valence-corrected chi connectivity index (χ2v) is 8.23. The molecule has 0 unspecified atom stereocenters. The number of benzene rings is 3. The third-order valence-electron chi connectivity index (χ3n) is 5.64. The van der Waals surface area contributed by atoms with Gasteiger partial charge in [0.05, 0.1) is 13.7 Å². The molecule has 37 heavy (non-hydrogen) atoms. The molecule has 3 aromatic carbocycles. The van der Waals surface area contributed by atoms with Crippen LogP contribution in [0.4, 0.5) is 0 Å². The first-order valence-electron chi connectivity index (χ1n) is 12.0. The van der Waals surface area contributed by atoms with Gasteiger partial charge >= 0.3 is 5.97 Å². The van der Waals surface area contributed by atoms with Crippen LogP contribution in [0.2, 0.25) is 0 Å². The number of aldehydes is 1. The van der Waals surface area contributed by atoms with Gasteiger partial charge in [-0.25, -0.2) is 4.79 Å². The van der Waals surface area contributed by atoms with Crippen LogP contribution in [-0.4, -0.2) is 30.5 Å². The van der Waals surface area contributed by atoms with Crippen molar-refractivity contribution >= 4 is 12.3 Å². The van der Waals surface area contributed by atoms with Crippen LogP contribution in [0, 0.1) is 0 Å². The molecular formula is C30H29NO6. The fourth-order valence-electron chi connectivity index (χ4n) is 3.83. The Labute approximate surface area is 216 Å². The SMILES string of the molecule is CCCOC(=O)c1c(OCc2ccccc2)c(OCc2ccccc2)c(C=O)n1-c1ccc(OC)cc1. The summed E-state index contributed by atoms with van der Waals surface area (Å²) in [5.74, 6) is 0.353. The van der Waals surface area contributed by atoms with Crippen LogP contribution in [0.1, 0.15) is 45.4 Å². The lowest BCUT2D eigenvalue weighted by Gasteiger charge is -2.13. The van der Waals surface area contributed by atoms with E-state index in [0.717, 1.165) is 11.1 Å². The molecule has 0 aliphatic heterocycles. The van der Waals surface area contributed by atoms with Crippen molar-refractivity contribution in [2.24, 2.45) is 0 Å². The lowest BCUT2D eigenvalue weighted by Crippen LogP contribution is -2.14. The molecule has 190 valence electrons. The molecular weight excluding hydrogens is 470 g/mol. The van der Waals surface area contributed by atoms with E-state index in [-0.39, 0.29) is 42.7 Å². The van der Waals surface area contributed by atoms with Crippen molar-refractivity contribution in [3.8, 4) is 22.9 Å². The van der Waals surface area contributed by atoms with Crippen molar-refractivity contribution in [1.29, 1.82) is 0 Å². The third kappa shape index (κ3) is 6.01. The van der Waals surface area contributed by atoms with Gasteiger partial charge in [-0.15, -0.1) is 0 Å². The van der Waals surface area contributed by atoms with Gasteiger partial charge in [-0.05, 0) is 41.8 Å². The first-order chi connectivity index (χ1) is 18.2. The number of aromatic nitrogens is 1. The zero-order chi connectivity index (χ0) is 26.0. The first kappa shape index (κ1) is 25.6. The van der Waals surface area contributed by atoms with E-state index in [2.05, 4.69) is 0 Å². The van der Waals surface area contributed by atoms with E-state index in [1.807, 2.05) is 67.6 Å². The van der Waals surface area contributed by atoms with Gasteiger partial charge in [0.2, 0.25) is 0 Å². The van der Waals surface area contributed by atoms with E-state index < -0.39 is 5.97 Å². The molecule has 0 aliphatic carbocycles. The summed E-state index contributed by atoms with van der Waals surface area (Å²) in [6.45, 7) is 2.48. The molecule has 1 heterocycles. The monoisotopic (exact) mass is 499 g/mol. The maximum absolute atomic E-state index is 13.4. The van der Waals surface area contributed by atoms with Crippen LogP contribution in [-0.2, 0) is 18.0 Å². The highest BCUT2D eigenvalue weighted by Crippen LogP contribution is 2.41. The number of hydrogen-bond donors (Lipinski definition) is 0. The van der Waals surface area contributed by atoms with Gasteiger partial charge in [-0.3, -0.25) is 9.36 Å². The summed E-state index contributed by atoms with van der Waals surface area (Å²) in [7, 11) is 1.57. The molecule has 0 atom stereocenters. The van der Waals surface area contributed by atoms with Crippen molar-refractivity contribution in [2.75, 3.05) is 13.7 Å². The molecule has 7 heteroatoms. The van der Waals surface area contributed by atoms with Crippen molar-refractivity contribution in [2.45, 2.75) is 26.6 Å². The lowest BCUT2D eigenvalue weighted by molar-refractivity contribution is 0.0490. The predicted octanol–water partition coefficient (Wildman–Crippen LogP) is 6.02. The minimum Gasteiger partial charge on any atom is -0.497 e. The quantitative estimate of drug-likeness (QED) is 0.175. The summed E-state index contributed by atoms with van der Waals surface area (Å²) in [5, 5.41) is 0. The van der Waals surface area contributed by atoms with Crippen LogP contribution in [0.25, 0.3) is 5.69 Å². The predicted molar refractivity (Wildman–Crippen MR) is 140 cm³/mol. The van der Waals surface area contributed by atoms with Crippen LogP contribution in [0.5, 0.6) is 17.2 Å². The molecule has 0 N–H and O–H groups in total. The zero-order valence-electron chi connectivity index (χ0n) is 20.9. The number of nitrogens with zero attached hydrogens (tertiary/aromatic N) is 1. The highest BCUT2D eigenvalue weighted by molar-refractivity contribution is 5.97. The summed E-state index contributed by atoms with van der Waals surface area (Å²) >= 11 is 0. The molecule has 0 aliphatic rings. The Hall–Kier alpha value is -4.52. The van der Waals surface area contributed by atoms with Gasteiger partial charge in [0.15, 0.2) is 23.5 Å². The number of hydrogen-bond acceptors (Lipinski definition) is 6. The van der Waals surface area contributed by atoms with Crippen molar-refractivity contribution < 1.29 is 28.5 Å². The summed E-state index contributed by atoms with van der Waals surface area (Å²) < 4.78 is 24.7. The van der Waals surface area contributed by atoms with E-state index in [4.69, 9.17) is 18.9 Å². The molecule has 0 bridgehead atoms. The number of carbonyl (C=O) groups is 2. The van der Waals surface area contributed by atoms with E-state index in [9.17, 15) is 9.59 Å². The van der Waals surface area contributed by atoms with Crippen LogP contribution >= 0.6 is 0 Å². The standard InChI is InChI=1S/C30H29NO6/c1-3-18-35-30(33)27-29(37-21-23-12-8-5-9-13-23)28(36-20-22-10-6-4-7-11-22)26(19-32)31(27)24-14-16-25(34-2)17-15-24/h4-17,19H,3,18,20-21H2,1-2H3. The minimum atomic E-state index is -0.613. The Morgan fingerprint density at radius 2 is 1.38 bits per heavy atom. The Bertz CT molecular complexity index is 1310. The average molecular weight is 500 g/mol. The molecule has 0 fully saturated rings. The number of ether oxygens (including phenoxy) is 4. The Morgan fingerprint density at radius 1 is 0.811 bits per heavy atom. The highest BCUT2D eigenvalue weighted by atomic mass is 16.5. The number of carbonyl (C=O) groups excluding carboxylic acids is 2. The fraction of sp³-hybridized carbons (Fsp3) is 0.200.